The number of fused-ring (bicyclic) bond motifs is 3. The number of hydrogen-bond donors (Lipinski definition) is 2. The molecule has 3 heteroatoms. The van der Waals surface area contributed by atoms with Crippen LogP contribution in [0.1, 0.15) is 65.2 Å². The van der Waals surface area contributed by atoms with E-state index in [9.17, 15) is 15.0 Å². The molecule has 0 aromatic carbocycles. The summed E-state index contributed by atoms with van der Waals surface area (Å²) < 4.78 is 0. The van der Waals surface area contributed by atoms with Crippen LogP contribution >= 0.6 is 0 Å². The van der Waals surface area contributed by atoms with Crippen LogP contribution < -0.4 is 0 Å². The molecule has 128 valence electrons. The Morgan fingerprint density at radius 2 is 1.96 bits per heavy atom. The van der Waals surface area contributed by atoms with Crippen molar-refractivity contribution >= 4 is 5.97 Å². The van der Waals surface area contributed by atoms with Crippen molar-refractivity contribution in [3.8, 4) is 0 Å². The number of aliphatic hydroxyl groups is 1. The van der Waals surface area contributed by atoms with Crippen LogP contribution in [0, 0.1) is 34.0 Å². The first-order valence-electron chi connectivity index (χ1n) is 9.32. The molecule has 1 spiro atoms. The summed E-state index contributed by atoms with van der Waals surface area (Å²) in [6, 6.07) is 0. The minimum atomic E-state index is -0.616. The van der Waals surface area contributed by atoms with Gasteiger partial charge in [-0.3, -0.25) is 4.79 Å². The second-order valence-corrected chi connectivity index (χ2v) is 9.54. The third-order valence-corrected chi connectivity index (χ3v) is 8.60. The van der Waals surface area contributed by atoms with Gasteiger partial charge in [-0.1, -0.05) is 25.5 Å². The van der Waals surface area contributed by atoms with Crippen molar-refractivity contribution in [1.29, 1.82) is 0 Å². The molecule has 0 amide bonds. The van der Waals surface area contributed by atoms with Crippen molar-refractivity contribution in [1.82, 2.24) is 0 Å². The molecular formula is C20H30O3. The highest BCUT2D eigenvalue weighted by Crippen LogP contribution is 2.72. The van der Waals surface area contributed by atoms with Gasteiger partial charge in [-0.25, -0.2) is 0 Å². The average molecular weight is 318 g/mol. The number of carbonyl (C=O) groups is 1. The molecule has 4 rings (SSSR count). The summed E-state index contributed by atoms with van der Waals surface area (Å²) in [7, 11) is 0. The Balaban J connectivity index is 1.77. The first kappa shape index (κ1) is 15.7. The zero-order valence-corrected chi connectivity index (χ0v) is 14.5. The van der Waals surface area contributed by atoms with E-state index in [1.807, 2.05) is 6.92 Å². The molecule has 0 radical (unpaired) electrons. The second-order valence-electron chi connectivity index (χ2n) is 9.54. The van der Waals surface area contributed by atoms with Crippen molar-refractivity contribution < 1.29 is 15.0 Å². The molecule has 3 nitrogen and oxygen atoms in total. The van der Waals surface area contributed by atoms with E-state index in [2.05, 4.69) is 13.5 Å². The minimum Gasteiger partial charge on any atom is -0.481 e. The normalized spacial score (nSPS) is 55.2. The largest absolute Gasteiger partial charge is 0.481 e. The predicted molar refractivity (Wildman–Crippen MR) is 88.8 cm³/mol. The van der Waals surface area contributed by atoms with Crippen LogP contribution in [0.5, 0.6) is 0 Å². The lowest BCUT2D eigenvalue weighted by atomic mass is 9.41. The Kier molecular flexibility index (Phi) is 3.15. The number of hydrogen-bond acceptors (Lipinski definition) is 2. The van der Waals surface area contributed by atoms with Gasteiger partial charge in [0, 0.05) is 5.92 Å². The van der Waals surface area contributed by atoms with Crippen molar-refractivity contribution in [2.75, 3.05) is 0 Å². The smallest absolute Gasteiger partial charge is 0.309 e. The van der Waals surface area contributed by atoms with Gasteiger partial charge >= 0.3 is 5.97 Å². The van der Waals surface area contributed by atoms with Gasteiger partial charge < -0.3 is 10.2 Å². The molecule has 4 saturated carbocycles. The van der Waals surface area contributed by atoms with Crippen molar-refractivity contribution in [2.24, 2.45) is 34.0 Å². The summed E-state index contributed by atoms with van der Waals surface area (Å²) in [4.78, 5) is 12.0. The van der Waals surface area contributed by atoms with Gasteiger partial charge in [-0.05, 0) is 74.5 Å². The number of aliphatic hydroxyl groups excluding tert-OH is 1. The zero-order chi connectivity index (χ0) is 16.6. The monoisotopic (exact) mass is 318 g/mol. The van der Waals surface area contributed by atoms with E-state index < -0.39 is 11.4 Å². The molecule has 0 heterocycles. The van der Waals surface area contributed by atoms with E-state index in [4.69, 9.17) is 0 Å². The third kappa shape index (κ3) is 1.83. The van der Waals surface area contributed by atoms with Crippen LogP contribution in [0.2, 0.25) is 0 Å². The third-order valence-electron chi connectivity index (χ3n) is 8.60. The highest BCUT2D eigenvalue weighted by molar-refractivity contribution is 5.75. The Labute approximate surface area is 139 Å². The number of carboxylic acid groups (broad SMARTS) is 1. The maximum absolute atomic E-state index is 12.0. The Morgan fingerprint density at radius 1 is 1.22 bits per heavy atom. The molecule has 0 saturated heterocycles. The van der Waals surface area contributed by atoms with Crippen LogP contribution in [-0.4, -0.2) is 22.3 Å². The van der Waals surface area contributed by atoms with Crippen LogP contribution in [-0.2, 0) is 4.79 Å². The second kappa shape index (κ2) is 4.62. The molecule has 4 aliphatic rings. The van der Waals surface area contributed by atoms with E-state index in [1.165, 1.54) is 5.57 Å². The Hall–Kier alpha value is -0.830. The number of rotatable bonds is 1. The molecule has 0 aliphatic heterocycles. The molecule has 4 fully saturated rings. The van der Waals surface area contributed by atoms with Crippen LogP contribution in [0.3, 0.4) is 0 Å². The summed E-state index contributed by atoms with van der Waals surface area (Å²) >= 11 is 0. The maximum atomic E-state index is 12.0. The van der Waals surface area contributed by atoms with Gasteiger partial charge in [0.05, 0.1) is 11.5 Å². The molecule has 7 atom stereocenters. The molecule has 2 N–H and O–H groups in total. The lowest BCUT2D eigenvalue weighted by molar-refractivity contribution is -0.186. The van der Waals surface area contributed by atoms with Gasteiger partial charge in [0.2, 0.25) is 0 Å². The lowest BCUT2D eigenvalue weighted by Gasteiger charge is -2.63. The highest BCUT2D eigenvalue weighted by Gasteiger charge is 2.66. The van der Waals surface area contributed by atoms with Crippen LogP contribution in [0.25, 0.3) is 0 Å². The standard InChI is InChI=1S/C20H30O3/c1-12-10-20-8-5-15-18(2,6-4-7-19(15,3)17(22)23)16(20)9-14(21)13(12)11-20/h13-16,21H,1,4-11H2,2-3H3,(H,22,23). The lowest BCUT2D eigenvalue weighted by Crippen LogP contribution is -2.59. The van der Waals surface area contributed by atoms with Crippen molar-refractivity contribution in [3.05, 3.63) is 12.2 Å². The van der Waals surface area contributed by atoms with Gasteiger partial charge in [0.1, 0.15) is 0 Å². The summed E-state index contributed by atoms with van der Waals surface area (Å²) in [6.07, 6.45) is 7.83. The van der Waals surface area contributed by atoms with Gasteiger partial charge in [0.15, 0.2) is 0 Å². The fourth-order valence-corrected chi connectivity index (χ4v) is 7.57. The zero-order valence-electron chi connectivity index (χ0n) is 14.5. The summed E-state index contributed by atoms with van der Waals surface area (Å²) in [6.45, 7) is 8.58. The van der Waals surface area contributed by atoms with Crippen LogP contribution in [0.4, 0.5) is 0 Å². The quantitative estimate of drug-likeness (QED) is 0.718. The first-order valence-corrected chi connectivity index (χ1v) is 9.32. The average Bonchev–Trinajstić information content (AvgIpc) is 2.75. The van der Waals surface area contributed by atoms with E-state index in [0.29, 0.717) is 17.3 Å². The Morgan fingerprint density at radius 3 is 2.65 bits per heavy atom. The first-order chi connectivity index (χ1) is 10.7. The minimum absolute atomic E-state index is 0.0558. The topological polar surface area (TPSA) is 57.5 Å². The van der Waals surface area contributed by atoms with Gasteiger partial charge in [-0.15, -0.1) is 0 Å². The van der Waals surface area contributed by atoms with Crippen molar-refractivity contribution in [3.63, 3.8) is 0 Å². The van der Waals surface area contributed by atoms with E-state index in [1.54, 1.807) is 0 Å². The fraction of sp³-hybridized carbons (Fsp3) is 0.850. The summed E-state index contributed by atoms with van der Waals surface area (Å²) in [5.41, 5.74) is 1.01. The Bertz CT molecular complexity index is 569. The highest BCUT2D eigenvalue weighted by atomic mass is 16.4. The number of aliphatic carboxylic acids is 1. The van der Waals surface area contributed by atoms with Crippen LogP contribution in [0.15, 0.2) is 12.2 Å². The van der Waals surface area contributed by atoms with E-state index in [-0.39, 0.29) is 17.4 Å². The molecule has 7 unspecified atom stereocenters. The molecular weight excluding hydrogens is 288 g/mol. The molecule has 4 aliphatic carbocycles. The fourth-order valence-electron chi connectivity index (χ4n) is 7.57. The maximum Gasteiger partial charge on any atom is 0.309 e. The molecule has 23 heavy (non-hydrogen) atoms. The van der Waals surface area contributed by atoms with E-state index >= 15 is 0 Å². The van der Waals surface area contributed by atoms with E-state index in [0.717, 1.165) is 51.4 Å². The number of carboxylic acids is 1. The van der Waals surface area contributed by atoms with Gasteiger partial charge in [-0.2, -0.15) is 0 Å². The predicted octanol–water partition coefficient (Wildman–Crippen LogP) is 4.01. The molecule has 2 bridgehead atoms. The summed E-state index contributed by atoms with van der Waals surface area (Å²) in [5.74, 6) is 0.378. The molecule has 0 aromatic heterocycles. The SMILES string of the molecule is C=C1CC23CCC4C(C)(C(=O)O)CCCC4(C)C2CC(O)C1C3. The van der Waals surface area contributed by atoms with Crippen molar-refractivity contribution in [2.45, 2.75) is 71.3 Å². The summed E-state index contributed by atoms with van der Waals surface area (Å²) in [5, 5.41) is 20.6. The molecule has 0 aromatic rings. The van der Waals surface area contributed by atoms with Gasteiger partial charge in [0.25, 0.3) is 0 Å².